The van der Waals surface area contributed by atoms with Crippen molar-refractivity contribution in [2.24, 2.45) is 0 Å². The van der Waals surface area contributed by atoms with Gasteiger partial charge in [0, 0.05) is 36.2 Å². The molecule has 1 amide bonds. The third-order valence-electron chi connectivity index (χ3n) is 4.76. The lowest BCUT2D eigenvalue weighted by molar-refractivity contribution is -0.118. The molecular weight excluding hydrogens is 430 g/mol. The van der Waals surface area contributed by atoms with E-state index >= 15 is 0 Å². The van der Waals surface area contributed by atoms with Crippen LogP contribution in [0.3, 0.4) is 0 Å². The van der Waals surface area contributed by atoms with Crippen molar-refractivity contribution in [3.63, 3.8) is 0 Å². The Bertz CT molecular complexity index is 1150. The maximum atomic E-state index is 12.4. The van der Waals surface area contributed by atoms with Crippen LogP contribution in [0, 0.1) is 0 Å². The van der Waals surface area contributed by atoms with Crippen molar-refractivity contribution < 1.29 is 19.0 Å². The summed E-state index contributed by atoms with van der Waals surface area (Å²) in [6.07, 6.45) is 0.807. The van der Waals surface area contributed by atoms with Crippen LogP contribution in [0.4, 0.5) is 0 Å². The first-order valence-electron chi connectivity index (χ1n) is 10.1. The number of carbonyl (C=O) groups excluding carboxylic acids is 1. The summed E-state index contributed by atoms with van der Waals surface area (Å²) in [6.45, 7) is 1.44. The number of amides is 1. The van der Waals surface area contributed by atoms with Gasteiger partial charge in [-0.3, -0.25) is 9.59 Å². The Morgan fingerprint density at radius 2 is 1.91 bits per heavy atom. The van der Waals surface area contributed by atoms with Crippen molar-refractivity contribution in [1.29, 1.82) is 0 Å². The van der Waals surface area contributed by atoms with E-state index in [4.69, 9.17) is 14.2 Å². The van der Waals surface area contributed by atoms with Gasteiger partial charge in [-0.25, -0.2) is 4.98 Å². The van der Waals surface area contributed by atoms with E-state index in [1.54, 1.807) is 13.2 Å². The number of hydrogen-bond donors (Lipinski definition) is 2. The number of aromatic amines is 1. The topological polar surface area (TPSA) is 103 Å². The van der Waals surface area contributed by atoms with Gasteiger partial charge in [0.2, 0.25) is 5.91 Å². The molecule has 2 aromatic carbocycles. The minimum atomic E-state index is -0.265. The van der Waals surface area contributed by atoms with E-state index in [0.717, 1.165) is 17.5 Å². The SMILES string of the molecule is COc1cc2c(cc1CNC(=O)CSc1nc(-c3ccccc3)cc(=O)[nH]1)OCCCO2. The molecule has 1 aliphatic rings. The standard InChI is InChI=1S/C23H23N3O5S/c1-29-18-12-20-19(30-8-5-9-31-20)10-16(18)13-24-22(28)14-32-23-25-17(11-21(27)26-23)15-6-3-2-4-7-15/h2-4,6-7,10-12H,5,8-9,13-14H2,1H3,(H,24,28)(H,25,26,27). The number of methoxy groups -OCH3 is 1. The second-order valence-electron chi connectivity index (χ2n) is 7.03. The number of benzene rings is 2. The molecule has 0 radical (unpaired) electrons. The molecule has 0 saturated carbocycles. The van der Waals surface area contributed by atoms with Crippen molar-refractivity contribution in [3.8, 4) is 28.5 Å². The first-order chi connectivity index (χ1) is 15.6. The lowest BCUT2D eigenvalue weighted by atomic mass is 10.1. The number of H-pyrrole nitrogens is 1. The van der Waals surface area contributed by atoms with Gasteiger partial charge in [-0.1, -0.05) is 42.1 Å². The number of ether oxygens (including phenoxy) is 3. The zero-order chi connectivity index (χ0) is 22.3. The molecule has 32 heavy (non-hydrogen) atoms. The Kier molecular flexibility index (Phi) is 6.96. The zero-order valence-corrected chi connectivity index (χ0v) is 18.4. The summed E-state index contributed by atoms with van der Waals surface area (Å²) in [6, 6.07) is 14.5. The molecule has 2 N–H and O–H groups in total. The molecule has 0 bridgehead atoms. The fourth-order valence-corrected chi connectivity index (χ4v) is 3.91. The van der Waals surface area contributed by atoms with Crippen molar-refractivity contribution in [3.05, 3.63) is 64.4 Å². The summed E-state index contributed by atoms with van der Waals surface area (Å²) in [5.41, 5.74) is 1.92. The number of nitrogens with zero attached hydrogens (tertiary/aromatic N) is 1. The number of rotatable bonds is 7. The van der Waals surface area contributed by atoms with E-state index in [9.17, 15) is 9.59 Å². The third kappa shape index (κ3) is 5.42. The van der Waals surface area contributed by atoms with E-state index in [1.165, 1.54) is 17.8 Å². The Balaban J connectivity index is 1.38. The number of fused-ring (bicyclic) bond motifs is 1. The molecule has 0 unspecified atom stereocenters. The minimum absolute atomic E-state index is 0.105. The number of carbonyl (C=O) groups is 1. The number of aromatic nitrogens is 2. The highest BCUT2D eigenvalue weighted by Crippen LogP contribution is 2.36. The second kappa shape index (κ2) is 10.2. The molecule has 0 fully saturated rings. The van der Waals surface area contributed by atoms with Gasteiger partial charge in [-0.05, 0) is 6.07 Å². The molecule has 0 saturated heterocycles. The van der Waals surface area contributed by atoms with Crippen LogP contribution in [-0.2, 0) is 11.3 Å². The summed E-state index contributed by atoms with van der Waals surface area (Å²) in [5.74, 6) is 1.80. The van der Waals surface area contributed by atoms with Crippen LogP contribution in [0.5, 0.6) is 17.2 Å². The lowest BCUT2D eigenvalue weighted by Crippen LogP contribution is -2.25. The van der Waals surface area contributed by atoms with Crippen LogP contribution in [0.25, 0.3) is 11.3 Å². The maximum Gasteiger partial charge on any atom is 0.252 e. The summed E-state index contributed by atoms with van der Waals surface area (Å²) in [4.78, 5) is 31.6. The summed E-state index contributed by atoms with van der Waals surface area (Å²) in [5, 5.41) is 3.26. The number of thioether (sulfide) groups is 1. The Morgan fingerprint density at radius 3 is 2.66 bits per heavy atom. The van der Waals surface area contributed by atoms with Crippen molar-refractivity contribution >= 4 is 17.7 Å². The Morgan fingerprint density at radius 1 is 1.16 bits per heavy atom. The Labute approximate surface area is 189 Å². The molecule has 0 atom stereocenters. The lowest BCUT2D eigenvalue weighted by Gasteiger charge is -2.14. The molecule has 166 valence electrons. The molecular formula is C23H23N3O5S. The minimum Gasteiger partial charge on any atom is -0.496 e. The fourth-order valence-electron chi connectivity index (χ4n) is 3.20. The third-order valence-corrected chi connectivity index (χ3v) is 5.63. The van der Waals surface area contributed by atoms with Crippen molar-refractivity contribution in [2.45, 2.75) is 18.1 Å². The van der Waals surface area contributed by atoms with Gasteiger partial charge in [0.1, 0.15) is 5.75 Å². The summed E-state index contributed by atoms with van der Waals surface area (Å²) >= 11 is 1.17. The first kappa shape index (κ1) is 21.8. The van der Waals surface area contributed by atoms with E-state index in [2.05, 4.69) is 15.3 Å². The number of nitrogens with one attached hydrogen (secondary N) is 2. The fraction of sp³-hybridized carbons (Fsp3) is 0.261. The molecule has 8 nitrogen and oxygen atoms in total. The van der Waals surface area contributed by atoms with Crippen LogP contribution < -0.4 is 25.1 Å². The molecule has 0 spiro atoms. The normalized spacial score (nSPS) is 12.7. The highest BCUT2D eigenvalue weighted by molar-refractivity contribution is 7.99. The van der Waals surface area contributed by atoms with E-state index in [1.807, 2.05) is 36.4 Å². The van der Waals surface area contributed by atoms with Crippen LogP contribution in [0.1, 0.15) is 12.0 Å². The summed E-state index contributed by atoms with van der Waals surface area (Å²) in [7, 11) is 1.57. The highest BCUT2D eigenvalue weighted by atomic mass is 32.2. The van der Waals surface area contributed by atoms with Crippen LogP contribution >= 0.6 is 11.8 Å². The first-order valence-corrected chi connectivity index (χ1v) is 11.1. The van der Waals surface area contributed by atoms with Crippen LogP contribution in [0.15, 0.2) is 58.5 Å². The second-order valence-corrected chi connectivity index (χ2v) is 7.99. The van der Waals surface area contributed by atoms with E-state index in [-0.39, 0.29) is 23.8 Å². The number of hydrogen-bond acceptors (Lipinski definition) is 7. The predicted molar refractivity (Wildman–Crippen MR) is 121 cm³/mol. The van der Waals surface area contributed by atoms with Gasteiger partial charge in [-0.15, -0.1) is 0 Å². The van der Waals surface area contributed by atoms with Crippen molar-refractivity contribution in [1.82, 2.24) is 15.3 Å². The van der Waals surface area contributed by atoms with Gasteiger partial charge in [0.15, 0.2) is 16.7 Å². The molecule has 3 aromatic rings. The molecule has 2 heterocycles. The molecule has 1 aliphatic heterocycles. The largest absolute Gasteiger partial charge is 0.496 e. The quantitative estimate of drug-likeness (QED) is 0.419. The van der Waals surface area contributed by atoms with Gasteiger partial charge >= 0.3 is 0 Å². The van der Waals surface area contributed by atoms with Gasteiger partial charge in [0.25, 0.3) is 5.56 Å². The zero-order valence-electron chi connectivity index (χ0n) is 17.6. The maximum absolute atomic E-state index is 12.4. The van der Waals surface area contributed by atoms with Crippen LogP contribution in [0.2, 0.25) is 0 Å². The molecule has 1 aromatic heterocycles. The van der Waals surface area contributed by atoms with E-state index < -0.39 is 0 Å². The van der Waals surface area contributed by atoms with E-state index in [0.29, 0.717) is 41.3 Å². The van der Waals surface area contributed by atoms with Gasteiger partial charge in [0.05, 0.1) is 31.8 Å². The van der Waals surface area contributed by atoms with Gasteiger partial charge < -0.3 is 24.5 Å². The highest BCUT2D eigenvalue weighted by Gasteiger charge is 2.16. The summed E-state index contributed by atoms with van der Waals surface area (Å²) < 4.78 is 16.8. The molecule has 4 rings (SSSR count). The average molecular weight is 454 g/mol. The Hall–Kier alpha value is -3.46. The smallest absolute Gasteiger partial charge is 0.252 e. The molecule has 0 aliphatic carbocycles. The van der Waals surface area contributed by atoms with Gasteiger partial charge in [-0.2, -0.15) is 0 Å². The molecule has 9 heteroatoms. The van der Waals surface area contributed by atoms with Crippen molar-refractivity contribution in [2.75, 3.05) is 26.1 Å². The van der Waals surface area contributed by atoms with Crippen LogP contribution in [-0.4, -0.2) is 42.0 Å². The predicted octanol–water partition coefficient (Wildman–Crippen LogP) is 3.02. The average Bonchev–Trinajstić information content (AvgIpc) is 3.05. The monoisotopic (exact) mass is 453 g/mol.